The topological polar surface area (TPSA) is 92.4 Å². The Bertz CT molecular complexity index is 962. The van der Waals surface area contributed by atoms with Crippen molar-refractivity contribution in [2.45, 2.75) is 20.0 Å². The molecular weight excluding hydrogens is 358 g/mol. The van der Waals surface area contributed by atoms with E-state index in [2.05, 4.69) is 25.2 Å². The Hall–Kier alpha value is -3.13. The minimum absolute atomic E-state index is 0.173. The van der Waals surface area contributed by atoms with E-state index in [1.54, 1.807) is 13.8 Å². The second-order valence-corrected chi connectivity index (χ2v) is 6.90. The van der Waals surface area contributed by atoms with Crippen LogP contribution in [0.4, 0.5) is 16.3 Å². The van der Waals surface area contributed by atoms with Crippen molar-refractivity contribution < 1.29 is 14.3 Å². The van der Waals surface area contributed by atoms with Crippen LogP contribution in [0.25, 0.3) is 22.4 Å². The van der Waals surface area contributed by atoms with Crippen molar-refractivity contribution in [2.75, 3.05) is 36.5 Å². The number of rotatable bonds is 4. The molecule has 0 atom stereocenters. The number of hydrogen-bond donors (Lipinski definition) is 2. The number of pyridine rings is 1. The van der Waals surface area contributed by atoms with Gasteiger partial charge in [0.2, 0.25) is 0 Å². The number of nitrogens with zero attached hydrogens (tertiary/aromatic N) is 3. The Kier molecular flexibility index (Phi) is 5.12. The molecule has 3 aromatic rings. The van der Waals surface area contributed by atoms with E-state index in [4.69, 9.17) is 9.47 Å². The van der Waals surface area contributed by atoms with Crippen LogP contribution in [0.15, 0.2) is 36.5 Å². The Morgan fingerprint density at radius 3 is 2.79 bits per heavy atom. The molecule has 2 aromatic heterocycles. The maximum Gasteiger partial charge on any atom is 0.411 e. The molecule has 0 spiro atoms. The normalized spacial score (nSPS) is 14.5. The van der Waals surface area contributed by atoms with Gasteiger partial charge in [-0.15, -0.1) is 0 Å². The first-order valence-corrected chi connectivity index (χ1v) is 9.35. The number of morpholine rings is 1. The summed E-state index contributed by atoms with van der Waals surface area (Å²) in [5.74, 6) is 1.68. The first-order chi connectivity index (χ1) is 13.6. The molecule has 3 heterocycles. The average Bonchev–Trinajstić information content (AvgIpc) is 3.11. The lowest BCUT2D eigenvalue weighted by molar-refractivity contribution is 0.122. The number of amides is 1. The fourth-order valence-corrected chi connectivity index (χ4v) is 3.09. The number of hydrogen-bond acceptors (Lipinski definition) is 6. The maximum absolute atomic E-state index is 11.8. The summed E-state index contributed by atoms with van der Waals surface area (Å²) in [4.78, 5) is 26.5. The number of carbonyl (C=O) groups excluding carboxylic acids is 1. The Balaban J connectivity index is 1.51. The molecule has 1 fully saturated rings. The highest BCUT2D eigenvalue weighted by Crippen LogP contribution is 2.24. The van der Waals surface area contributed by atoms with E-state index in [0.29, 0.717) is 5.69 Å². The molecule has 0 saturated carbocycles. The molecule has 1 aliphatic heterocycles. The van der Waals surface area contributed by atoms with Crippen LogP contribution in [0, 0.1) is 0 Å². The number of aromatic amines is 1. The highest BCUT2D eigenvalue weighted by atomic mass is 16.6. The molecule has 8 heteroatoms. The van der Waals surface area contributed by atoms with E-state index in [9.17, 15) is 4.79 Å². The molecule has 4 rings (SSSR count). The van der Waals surface area contributed by atoms with Crippen LogP contribution in [0.2, 0.25) is 0 Å². The summed E-state index contributed by atoms with van der Waals surface area (Å²) in [6.07, 6.45) is 1.17. The lowest BCUT2D eigenvalue weighted by atomic mass is 10.2. The third kappa shape index (κ3) is 4.07. The summed E-state index contributed by atoms with van der Waals surface area (Å²) in [5, 5.41) is 2.72. The van der Waals surface area contributed by atoms with Crippen LogP contribution in [0.3, 0.4) is 0 Å². The van der Waals surface area contributed by atoms with E-state index >= 15 is 0 Å². The van der Waals surface area contributed by atoms with Crippen molar-refractivity contribution in [2.24, 2.45) is 0 Å². The van der Waals surface area contributed by atoms with Gasteiger partial charge in [0.15, 0.2) is 0 Å². The van der Waals surface area contributed by atoms with Crippen molar-refractivity contribution in [3.8, 4) is 11.4 Å². The fourth-order valence-electron chi connectivity index (χ4n) is 3.09. The number of fused-ring (bicyclic) bond motifs is 1. The minimum Gasteiger partial charge on any atom is -0.447 e. The summed E-state index contributed by atoms with van der Waals surface area (Å²) in [5.41, 5.74) is 3.18. The third-order valence-electron chi connectivity index (χ3n) is 4.43. The van der Waals surface area contributed by atoms with E-state index in [1.165, 1.54) is 0 Å². The SMILES string of the molecule is CC(C)OC(=O)Nc1ccc2[nH]c(-c3ccc(N4CCOCC4)nc3)nc2c1. The standard InChI is InChI=1S/C20H23N5O3/c1-13(2)28-20(26)22-15-4-5-16-17(11-15)24-19(23-16)14-3-6-18(21-12-14)25-7-9-27-10-8-25/h3-6,11-13H,7-10H2,1-2H3,(H,22,26)(H,23,24). The zero-order valence-corrected chi connectivity index (χ0v) is 15.9. The van der Waals surface area contributed by atoms with Crippen molar-refractivity contribution in [1.82, 2.24) is 15.0 Å². The van der Waals surface area contributed by atoms with Gasteiger partial charge in [0.1, 0.15) is 11.6 Å². The number of imidazole rings is 1. The molecule has 1 aromatic carbocycles. The molecular formula is C20H23N5O3. The summed E-state index contributed by atoms with van der Waals surface area (Å²) in [7, 11) is 0. The molecule has 2 N–H and O–H groups in total. The number of nitrogens with one attached hydrogen (secondary N) is 2. The Labute approximate surface area is 162 Å². The molecule has 0 aliphatic carbocycles. The predicted octanol–water partition coefficient (Wildman–Crippen LogP) is 3.42. The quantitative estimate of drug-likeness (QED) is 0.719. The van der Waals surface area contributed by atoms with Gasteiger partial charge < -0.3 is 19.4 Å². The second-order valence-electron chi connectivity index (χ2n) is 6.90. The van der Waals surface area contributed by atoms with Gasteiger partial charge in [0, 0.05) is 30.5 Å². The summed E-state index contributed by atoms with van der Waals surface area (Å²) < 4.78 is 10.5. The Morgan fingerprint density at radius 1 is 1.25 bits per heavy atom. The van der Waals surface area contributed by atoms with Gasteiger partial charge in [-0.3, -0.25) is 5.32 Å². The largest absolute Gasteiger partial charge is 0.447 e. The lowest BCUT2D eigenvalue weighted by Gasteiger charge is -2.27. The molecule has 1 aliphatic rings. The Morgan fingerprint density at radius 2 is 2.07 bits per heavy atom. The number of aromatic nitrogens is 3. The molecule has 8 nitrogen and oxygen atoms in total. The monoisotopic (exact) mass is 381 g/mol. The van der Waals surface area contributed by atoms with Crippen LogP contribution in [0.1, 0.15) is 13.8 Å². The first kappa shape index (κ1) is 18.2. The van der Waals surface area contributed by atoms with E-state index in [-0.39, 0.29) is 6.10 Å². The van der Waals surface area contributed by atoms with Crippen molar-refractivity contribution in [3.63, 3.8) is 0 Å². The van der Waals surface area contributed by atoms with Gasteiger partial charge in [-0.1, -0.05) is 0 Å². The maximum atomic E-state index is 11.8. The first-order valence-electron chi connectivity index (χ1n) is 9.35. The van der Waals surface area contributed by atoms with Gasteiger partial charge in [-0.2, -0.15) is 0 Å². The summed E-state index contributed by atoms with van der Waals surface area (Å²) in [6.45, 7) is 6.78. The molecule has 1 saturated heterocycles. The third-order valence-corrected chi connectivity index (χ3v) is 4.43. The zero-order chi connectivity index (χ0) is 19.5. The highest BCUT2D eigenvalue weighted by molar-refractivity contribution is 5.89. The van der Waals surface area contributed by atoms with Crippen molar-refractivity contribution in [3.05, 3.63) is 36.5 Å². The number of anilines is 2. The number of H-pyrrole nitrogens is 1. The van der Waals surface area contributed by atoms with Crippen molar-refractivity contribution in [1.29, 1.82) is 0 Å². The van der Waals surface area contributed by atoms with E-state index in [0.717, 1.165) is 54.5 Å². The van der Waals surface area contributed by atoms with Crippen LogP contribution in [-0.2, 0) is 9.47 Å². The van der Waals surface area contributed by atoms with Gasteiger partial charge in [-0.25, -0.2) is 14.8 Å². The molecule has 1 amide bonds. The highest BCUT2D eigenvalue weighted by Gasteiger charge is 2.13. The molecule has 0 bridgehead atoms. The van der Waals surface area contributed by atoms with E-state index in [1.807, 2.05) is 36.5 Å². The molecule has 28 heavy (non-hydrogen) atoms. The summed E-state index contributed by atoms with van der Waals surface area (Å²) in [6, 6.07) is 9.52. The van der Waals surface area contributed by atoms with Gasteiger partial charge >= 0.3 is 6.09 Å². The second kappa shape index (κ2) is 7.85. The molecule has 0 unspecified atom stereocenters. The van der Waals surface area contributed by atoms with Crippen molar-refractivity contribution >= 4 is 28.6 Å². The number of benzene rings is 1. The minimum atomic E-state index is -0.479. The molecule has 0 radical (unpaired) electrons. The zero-order valence-electron chi connectivity index (χ0n) is 15.9. The predicted molar refractivity (Wildman–Crippen MR) is 108 cm³/mol. The average molecular weight is 381 g/mol. The van der Waals surface area contributed by atoms with Gasteiger partial charge in [0.05, 0.1) is 30.4 Å². The van der Waals surface area contributed by atoms with Crippen LogP contribution in [-0.4, -0.2) is 53.5 Å². The van der Waals surface area contributed by atoms with E-state index < -0.39 is 6.09 Å². The van der Waals surface area contributed by atoms with Crippen LogP contribution >= 0.6 is 0 Å². The lowest BCUT2D eigenvalue weighted by Crippen LogP contribution is -2.36. The smallest absolute Gasteiger partial charge is 0.411 e. The fraction of sp³-hybridized carbons (Fsp3) is 0.350. The van der Waals surface area contributed by atoms with Gasteiger partial charge in [-0.05, 0) is 44.2 Å². The number of carbonyl (C=O) groups is 1. The van der Waals surface area contributed by atoms with Gasteiger partial charge in [0.25, 0.3) is 0 Å². The molecule has 146 valence electrons. The summed E-state index contributed by atoms with van der Waals surface area (Å²) >= 11 is 0. The van der Waals surface area contributed by atoms with Crippen LogP contribution in [0.5, 0.6) is 0 Å². The number of ether oxygens (including phenoxy) is 2. The van der Waals surface area contributed by atoms with Crippen LogP contribution < -0.4 is 10.2 Å².